The van der Waals surface area contributed by atoms with Crippen molar-refractivity contribution in [1.82, 2.24) is 9.55 Å². The highest BCUT2D eigenvalue weighted by molar-refractivity contribution is 7.13. The number of H-pyrrole nitrogens is 1. The van der Waals surface area contributed by atoms with Crippen molar-refractivity contribution in [3.63, 3.8) is 0 Å². The van der Waals surface area contributed by atoms with E-state index < -0.39 is 0 Å². The second-order valence-electron chi connectivity index (χ2n) is 5.90. The number of hydrogen-bond donors (Lipinski definition) is 2. The van der Waals surface area contributed by atoms with Gasteiger partial charge in [0.2, 0.25) is 0 Å². The Morgan fingerprint density at radius 3 is 2.52 bits per heavy atom. The molecule has 0 bridgehead atoms. The first-order valence-corrected chi connectivity index (χ1v) is 9.89. The minimum atomic E-state index is -0.243. The number of anilines is 1. The average molecular weight is 416 g/mol. The summed E-state index contributed by atoms with van der Waals surface area (Å²) in [4.78, 5) is 16.7. The van der Waals surface area contributed by atoms with Crippen molar-refractivity contribution in [3.05, 3.63) is 92.1 Å². The van der Waals surface area contributed by atoms with Crippen molar-refractivity contribution in [2.75, 3.05) is 5.32 Å². The monoisotopic (exact) mass is 415 g/mol. The number of imidazole rings is 1. The van der Waals surface area contributed by atoms with Gasteiger partial charge < -0.3 is 5.32 Å². The van der Waals surface area contributed by atoms with Crippen LogP contribution in [-0.4, -0.2) is 9.55 Å². The molecule has 0 aliphatic rings. The van der Waals surface area contributed by atoms with Crippen molar-refractivity contribution in [2.24, 2.45) is 0 Å². The van der Waals surface area contributed by atoms with E-state index in [-0.39, 0.29) is 5.69 Å². The van der Waals surface area contributed by atoms with E-state index >= 15 is 0 Å². The SMILES string of the molecule is O=c1[nH]c(NCc2ccccc2)c(-c2cccs2)n1-c1ccc(Cl)c(Cl)c1. The van der Waals surface area contributed by atoms with E-state index in [1.54, 1.807) is 34.1 Å². The molecule has 4 nitrogen and oxygen atoms in total. The molecular weight excluding hydrogens is 401 g/mol. The Morgan fingerprint density at radius 2 is 1.81 bits per heavy atom. The van der Waals surface area contributed by atoms with Crippen LogP contribution < -0.4 is 11.0 Å². The molecule has 2 N–H and O–H groups in total. The summed E-state index contributed by atoms with van der Waals surface area (Å²) < 4.78 is 1.61. The summed E-state index contributed by atoms with van der Waals surface area (Å²) in [6.07, 6.45) is 0. The zero-order valence-electron chi connectivity index (χ0n) is 14.1. The van der Waals surface area contributed by atoms with Crippen LogP contribution >= 0.6 is 34.5 Å². The van der Waals surface area contributed by atoms with Crippen LogP contribution in [-0.2, 0) is 6.54 Å². The van der Waals surface area contributed by atoms with Crippen LogP contribution in [0.5, 0.6) is 0 Å². The van der Waals surface area contributed by atoms with Crippen molar-refractivity contribution >= 4 is 40.4 Å². The maximum absolute atomic E-state index is 12.8. The van der Waals surface area contributed by atoms with E-state index in [0.717, 1.165) is 16.1 Å². The fourth-order valence-electron chi connectivity index (χ4n) is 2.87. The first kappa shape index (κ1) is 17.9. The molecule has 0 aliphatic carbocycles. The Bertz CT molecular complexity index is 1120. The summed E-state index contributed by atoms with van der Waals surface area (Å²) in [5, 5.41) is 6.17. The van der Waals surface area contributed by atoms with Crippen LogP contribution in [0, 0.1) is 0 Å². The maximum Gasteiger partial charge on any atom is 0.332 e. The normalized spacial score (nSPS) is 10.9. The fourth-order valence-corrected chi connectivity index (χ4v) is 3.92. The van der Waals surface area contributed by atoms with Gasteiger partial charge in [-0.1, -0.05) is 59.6 Å². The third kappa shape index (κ3) is 3.67. The average Bonchev–Trinajstić information content (AvgIpc) is 3.30. The Hall–Kier alpha value is -2.47. The molecule has 0 saturated heterocycles. The van der Waals surface area contributed by atoms with Gasteiger partial charge in [-0.3, -0.25) is 9.55 Å². The lowest BCUT2D eigenvalue weighted by Gasteiger charge is -2.10. The number of nitrogens with one attached hydrogen (secondary N) is 2. The smallest absolute Gasteiger partial charge is 0.332 e. The van der Waals surface area contributed by atoms with E-state index in [1.807, 2.05) is 47.8 Å². The number of aromatic nitrogens is 2. The Balaban J connectivity index is 1.80. The molecule has 0 saturated carbocycles. The summed E-state index contributed by atoms with van der Waals surface area (Å²) in [7, 11) is 0. The third-order valence-corrected chi connectivity index (χ3v) is 5.74. The number of benzene rings is 2. The molecule has 2 aromatic heterocycles. The first-order chi connectivity index (χ1) is 13.1. The van der Waals surface area contributed by atoms with E-state index in [9.17, 15) is 4.79 Å². The molecule has 27 heavy (non-hydrogen) atoms. The van der Waals surface area contributed by atoms with E-state index in [0.29, 0.717) is 28.1 Å². The molecule has 0 amide bonds. The number of nitrogens with zero attached hydrogens (tertiary/aromatic N) is 1. The summed E-state index contributed by atoms with van der Waals surface area (Å²) in [6, 6.07) is 19.1. The lowest BCUT2D eigenvalue weighted by molar-refractivity contribution is 0.995. The molecule has 0 spiro atoms. The van der Waals surface area contributed by atoms with Crippen LogP contribution in [0.4, 0.5) is 5.82 Å². The zero-order valence-corrected chi connectivity index (χ0v) is 16.4. The summed E-state index contributed by atoms with van der Waals surface area (Å²) >= 11 is 13.8. The van der Waals surface area contributed by atoms with Crippen LogP contribution in [0.2, 0.25) is 10.0 Å². The number of hydrogen-bond acceptors (Lipinski definition) is 3. The van der Waals surface area contributed by atoms with Gasteiger partial charge in [0, 0.05) is 6.54 Å². The molecule has 0 atom stereocenters. The van der Waals surface area contributed by atoms with E-state index in [1.165, 1.54) is 0 Å². The molecule has 0 aliphatic heterocycles. The second kappa shape index (κ2) is 7.64. The molecule has 2 aromatic carbocycles. The Kier molecular flexibility index (Phi) is 5.07. The van der Waals surface area contributed by atoms with Gasteiger partial charge in [-0.05, 0) is 35.2 Å². The molecule has 0 unspecified atom stereocenters. The lowest BCUT2D eigenvalue weighted by Crippen LogP contribution is -2.15. The molecular formula is C20H15Cl2N3OS. The second-order valence-corrected chi connectivity index (χ2v) is 7.67. The standard InChI is InChI=1S/C20H15Cl2N3OS/c21-15-9-8-14(11-16(15)22)25-18(17-7-4-10-27-17)19(24-20(25)26)23-12-13-5-2-1-3-6-13/h1-11,23H,12H2,(H,24,26). The van der Waals surface area contributed by atoms with Crippen LogP contribution in [0.15, 0.2) is 70.8 Å². The highest BCUT2D eigenvalue weighted by atomic mass is 35.5. The Labute approximate surface area is 170 Å². The van der Waals surface area contributed by atoms with Gasteiger partial charge in [0.25, 0.3) is 0 Å². The van der Waals surface area contributed by atoms with Gasteiger partial charge in [-0.25, -0.2) is 4.79 Å². The summed E-state index contributed by atoms with van der Waals surface area (Å²) in [5.74, 6) is 0.664. The van der Waals surface area contributed by atoms with Gasteiger partial charge >= 0.3 is 5.69 Å². The van der Waals surface area contributed by atoms with Gasteiger partial charge in [-0.15, -0.1) is 11.3 Å². The predicted octanol–water partition coefficient (Wildman–Crippen LogP) is 5.81. The highest BCUT2D eigenvalue weighted by Gasteiger charge is 2.18. The fraction of sp³-hybridized carbons (Fsp3) is 0.0500. The van der Waals surface area contributed by atoms with Crippen LogP contribution in [0.25, 0.3) is 16.3 Å². The van der Waals surface area contributed by atoms with Gasteiger partial charge in [-0.2, -0.15) is 0 Å². The van der Waals surface area contributed by atoms with Crippen LogP contribution in [0.3, 0.4) is 0 Å². The van der Waals surface area contributed by atoms with Gasteiger partial charge in [0.1, 0.15) is 11.5 Å². The summed E-state index contributed by atoms with van der Waals surface area (Å²) in [6.45, 7) is 0.598. The molecule has 7 heteroatoms. The third-order valence-electron chi connectivity index (χ3n) is 4.12. The molecule has 0 radical (unpaired) electrons. The first-order valence-electron chi connectivity index (χ1n) is 8.25. The number of halogens is 2. The number of aromatic amines is 1. The van der Waals surface area contributed by atoms with Crippen molar-refractivity contribution in [3.8, 4) is 16.3 Å². The van der Waals surface area contributed by atoms with E-state index in [2.05, 4.69) is 10.3 Å². The maximum atomic E-state index is 12.8. The molecule has 4 aromatic rings. The van der Waals surface area contributed by atoms with Crippen LogP contribution in [0.1, 0.15) is 5.56 Å². The number of thiophene rings is 1. The highest BCUT2D eigenvalue weighted by Crippen LogP contribution is 2.33. The number of rotatable bonds is 5. The predicted molar refractivity (Wildman–Crippen MR) is 113 cm³/mol. The largest absolute Gasteiger partial charge is 0.366 e. The Morgan fingerprint density at radius 1 is 1.00 bits per heavy atom. The van der Waals surface area contributed by atoms with Crippen molar-refractivity contribution in [2.45, 2.75) is 6.54 Å². The lowest BCUT2D eigenvalue weighted by atomic mass is 10.2. The topological polar surface area (TPSA) is 49.8 Å². The molecule has 0 fully saturated rings. The summed E-state index contributed by atoms with van der Waals surface area (Å²) in [5.41, 5.74) is 2.30. The molecule has 2 heterocycles. The van der Waals surface area contributed by atoms with Gasteiger partial charge in [0.05, 0.1) is 20.6 Å². The van der Waals surface area contributed by atoms with Crippen molar-refractivity contribution < 1.29 is 0 Å². The molecule has 4 rings (SSSR count). The van der Waals surface area contributed by atoms with Crippen molar-refractivity contribution in [1.29, 1.82) is 0 Å². The van der Waals surface area contributed by atoms with E-state index in [4.69, 9.17) is 23.2 Å². The molecule has 136 valence electrons. The quantitative estimate of drug-likeness (QED) is 0.431. The minimum absolute atomic E-state index is 0.243. The van der Waals surface area contributed by atoms with Gasteiger partial charge in [0.15, 0.2) is 0 Å². The minimum Gasteiger partial charge on any atom is -0.366 e. The zero-order chi connectivity index (χ0) is 18.8.